The van der Waals surface area contributed by atoms with E-state index in [-0.39, 0.29) is 11.3 Å². The predicted octanol–water partition coefficient (Wildman–Crippen LogP) is 1.51. The number of carbonyl (C=O) groups is 1. The average Bonchev–Trinajstić information content (AvgIpc) is 2.50. The predicted molar refractivity (Wildman–Crippen MR) is 71.6 cm³/mol. The van der Waals surface area contributed by atoms with Gasteiger partial charge in [-0.2, -0.15) is 0 Å². The van der Waals surface area contributed by atoms with Crippen LogP contribution in [0.5, 0.6) is 0 Å². The van der Waals surface area contributed by atoms with Crippen molar-refractivity contribution in [3.05, 3.63) is 0 Å². The van der Waals surface area contributed by atoms with Crippen LogP contribution < -0.4 is 0 Å². The molecule has 0 radical (unpaired) electrons. The number of carboxylic acids is 1. The van der Waals surface area contributed by atoms with Gasteiger partial charge in [0, 0.05) is 26.2 Å². The fourth-order valence-corrected chi connectivity index (χ4v) is 4.02. The first-order chi connectivity index (χ1) is 8.28. The lowest BCUT2D eigenvalue weighted by Gasteiger charge is -2.45. The fraction of sp³-hybridized carbons (Fsp3) is 0.929. The van der Waals surface area contributed by atoms with E-state index in [1.807, 2.05) is 0 Å². The molecule has 2 aliphatic rings. The fourth-order valence-electron chi connectivity index (χ4n) is 4.02. The SMILES string of the molecule is CC1CC(C)(C)CC1(C(=O)O)N1CCN(C)CC1. The van der Waals surface area contributed by atoms with E-state index in [2.05, 4.69) is 37.6 Å². The zero-order chi connectivity index (χ0) is 13.6. The Labute approximate surface area is 110 Å². The van der Waals surface area contributed by atoms with Crippen LogP contribution in [0.25, 0.3) is 0 Å². The second-order valence-electron chi connectivity index (χ2n) is 6.97. The smallest absolute Gasteiger partial charge is 0.324 e. The molecular weight excluding hydrogens is 228 g/mol. The molecule has 0 amide bonds. The molecule has 0 aromatic carbocycles. The zero-order valence-corrected chi connectivity index (χ0v) is 12.1. The van der Waals surface area contributed by atoms with Gasteiger partial charge in [-0.1, -0.05) is 20.8 Å². The van der Waals surface area contributed by atoms with Crippen LogP contribution >= 0.6 is 0 Å². The second-order valence-corrected chi connectivity index (χ2v) is 6.97. The maximum Gasteiger partial charge on any atom is 0.324 e. The van der Waals surface area contributed by atoms with Gasteiger partial charge in [-0.15, -0.1) is 0 Å². The summed E-state index contributed by atoms with van der Waals surface area (Å²) in [5.74, 6) is -0.390. The van der Waals surface area contributed by atoms with Crippen LogP contribution in [0.1, 0.15) is 33.6 Å². The van der Waals surface area contributed by atoms with Gasteiger partial charge < -0.3 is 10.0 Å². The summed E-state index contributed by atoms with van der Waals surface area (Å²) < 4.78 is 0. The summed E-state index contributed by atoms with van der Waals surface area (Å²) in [6.07, 6.45) is 1.78. The second kappa shape index (κ2) is 4.49. The van der Waals surface area contributed by atoms with Gasteiger partial charge in [0.15, 0.2) is 0 Å². The number of piperazine rings is 1. The summed E-state index contributed by atoms with van der Waals surface area (Å²) in [7, 11) is 2.10. The first-order valence-corrected chi connectivity index (χ1v) is 6.95. The molecule has 4 nitrogen and oxygen atoms in total. The molecule has 2 atom stereocenters. The van der Waals surface area contributed by atoms with E-state index in [9.17, 15) is 9.90 Å². The number of carboxylic acid groups (broad SMARTS) is 1. The molecule has 1 aliphatic heterocycles. The molecule has 18 heavy (non-hydrogen) atoms. The zero-order valence-electron chi connectivity index (χ0n) is 12.1. The molecule has 4 heteroatoms. The lowest BCUT2D eigenvalue weighted by atomic mass is 9.84. The molecule has 1 aliphatic carbocycles. The highest BCUT2D eigenvalue weighted by molar-refractivity contribution is 5.80. The summed E-state index contributed by atoms with van der Waals surface area (Å²) in [6, 6.07) is 0. The van der Waals surface area contributed by atoms with Crippen molar-refractivity contribution in [2.45, 2.75) is 39.2 Å². The van der Waals surface area contributed by atoms with Gasteiger partial charge >= 0.3 is 5.97 Å². The van der Waals surface area contributed by atoms with Crippen molar-refractivity contribution < 1.29 is 9.90 Å². The van der Waals surface area contributed by atoms with Crippen LogP contribution in [0.4, 0.5) is 0 Å². The minimum Gasteiger partial charge on any atom is -0.480 e. The van der Waals surface area contributed by atoms with Crippen molar-refractivity contribution in [3.8, 4) is 0 Å². The molecule has 1 saturated heterocycles. The monoisotopic (exact) mass is 254 g/mol. The highest BCUT2D eigenvalue weighted by Gasteiger charge is 2.57. The molecule has 0 spiro atoms. The Hall–Kier alpha value is -0.610. The van der Waals surface area contributed by atoms with E-state index < -0.39 is 11.5 Å². The third kappa shape index (κ3) is 2.16. The van der Waals surface area contributed by atoms with E-state index in [0.29, 0.717) is 0 Å². The number of aliphatic carboxylic acids is 1. The highest BCUT2D eigenvalue weighted by atomic mass is 16.4. The standard InChI is InChI=1S/C14H26N2O2/c1-11-9-13(2,3)10-14(11,12(17)18)16-7-5-15(4)6-8-16/h11H,5-10H2,1-4H3,(H,17,18). The molecule has 0 aromatic heterocycles. The molecule has 1 N–H and O–H groups in total. The summed E-state index contributed by atoms with van der Waals surface area (Å²) in [5, 5.41) is 9.83. The Morgan fingerprint density at radius 1 is 1.22 bits per heavy atom. The third-order valence-corrected chi connectivity index (χ3v) is 4.86. The van der Waals surface area contributed by atoms with Crippen molar-refractivity contribution in [2.75, 3.05) is 33.2 Å². The van der Waals surface area contributed by atoms with Crippen LogP contribution in [0, 0.1) is 11.3 Å². The van der Waals surface area contributed by atoms with Gasteiger partial charge in [-0.05, 0) is 31.2 Å². The van der Waals surface area contributed by atoms with Crippen LogP contribution in [0.15, 0.2) is 0 Å². The van der Waals surface area contributed by atoms with Gasteiger partial charge in [0.05, 0.1) is 0 Å². The lowest BCUT2D eigenvalue weighted by Crippen LogP contribution is -2.61. The first kappa shape index (κ1) is 13.8. The normalized spacial score (nSPS) is 37.9. The topological polar surface area (TPSA) is 43.8 Å². The largest absolute Gasteiger partial charge is 0.480 e. The number of likely N-dealkylation sites (N-methyl/N-ethyl adjacent to an activating group) is 1. The van der Waals surface area contributed by atoms with Crippen molar-refractivity contribution in [1.29, 1.82) is 0 Å². The molecule has 2 unspecified atom stereocenters. The van der Waals surface area contributed by atoms with Crippen LogP contribution in [0.3, 0.4) is 0 Å². The Morgan fingerprint density at radius 3 is 2.17 bits per heavy atom. The Bertz CT molecular complexity index is 335. The van der Waals surface area contributed by atoms with Crippen molar-refractivity contribution in [2.24, 2.45) is 11.3 Å². The summed E-state index contributed by atoms with van der Waals surface area (Å²) in [6.45, 7) is 10.2. The lowest BCUT2D eigenvalue weighted by molar-refractivity contribution is -0.156. The van der Waals surface area contributed by atoms with Gasteiger partial charge in [-0.25, -0.2) is 0 Å². The maximum atomic E-state index is 11.9. The number of hydrogen-bond donors (Lipinski definition) is 1. The number of hydrogen-bond acceptors (Lipinski definition) is 3. The molecule has 1 saturated carbocycles. The quantitative estimate of drug-likeness (QED) is 0.811. The molecule has 0 aromatic rings. The minimum atomic E-state index is -0.634. The molecule has 0 bridgehead atoms. The Balaban J connectivity index is 2.25. The molecule has 104 valence electrons. The Kier molecular flexibility index (Phi) is 3.45. The van der Waals surface area contributed by atoms with Crippen molar-refractivity contribution >= 4 is 5.97 Å². The van der Waals surface area contributed by atoms with Gasteiger partial charge in [0.2, 0.25) is 0 Å². The minimum absolute atomic E-state index is 0.140. The molecule has 2 fully saturated rings. The van der Waals surface area contributed by atoms with E-state index in [1.54, 1.807) is 0 Å². The van der Waals surface area contributed by atoms with Crippen LogP contribution in [-0.2, 0) is 4.79 Å². The first-order valence-electron chi connectivity index (χ1n) is 6.95. The highest BCUT2D eigenvalue weighted by Crippen LogP contribution is 2.50. The summed E-state index contributed by atoms with van der Waals surface area (Å²) in [5.41, 5.74) is -0.494. The summed E-state index contributed by atoms with van der Waals surface area (Å²) in [4.78, 5) is 16.5. The summed E-state index contributed by atoms with van der Waals surface area (Å²) >= 11 is 0. The van der Waals surface area contributed by atoms with E-state index in [4.69, 9.17) is 0 Å². The average molecular weight is 254 g/mol. The van der Waals surface area contributed by atoms with E-state index in [0.717, 1.165) is 39.0 Å². The van der Waals surface area contributed by atoms with Crippen LogP contribution in [-0.4, -0.2) is 59.6 Å². The molecule has 1 heterocycles. The molecule has 2 rings (SSSR count). The maximum absolute atomic E-state index is 11.9. The third-order valence-electron chi connectivity index (χ3n) is 4.86. The molecular formula is C14H26N2O2. The van der Waals surface area contributed by atoms with E-state index >= 15 is 0 Å². The van der Waals surface area contributed by atoms with Crippen molar-refractivity contribution in [1.82, 2.24) is 9.80 Å². The number of nitrogens with zero attached hydrogens (tertiary/aromatic N) is 2. The number of rotatable bonds is 2. The van der Waals surface area contributed by atoms with Gasteiger partial charge in [0.25, 0.3) is 0 Å². The van der Waals surface area contributed by atoms with Gasteiger partial charge in [0.1, 0.15) is 5.54 Å². The van der Waals surface area contributed by atoms with Crippen molar-refractivity contribution in [3.63, 3.8) is 0 Å². The Morgan fingerprint density at radius 2 is 1.78 bits per heavy atom. The van der Waals surface area contributed by atoms with E-state index in [1.165, 1.54) is 0 Å². The van der Waals surface area contributed by atoms with Gasteiger partial charge in [-0.3, -0.25) is 9.69 Å². The van der Waals surface area contributed by atoms with Crippen LogP contribution in [0.2, 0.25) is 0 Å².